The normalized spacial score (nSPS) is 19.6. The highest BCUT2D eigenvalue weighted by molar-refractivity contribution is 5.21. The molecule has 1 fully saturated rings. The highest BCUT2D eigenvalue weighted by Gasteiger charge is 2.27. The predicted octanol–water partition coefficient (Wildman–Crippen LogP) is 3.52. The molecule has 88 valence electrons. The minimum atomic E-state index is 1.23. The number of nitrogens with zero attached hydrogens (tertiary/aromatic N) is 1. The Labute approximate surface area is 99.7 Å². The van der Waals surface area contributed by atoms with Crippen molar-refractivity contribution < 1.29 is 4.48 Å². The third-order valence-electron chi connectivity index (χ3n) is 4.04. The molecule has 0 bridgehead atoms. The average Bonchev–Trinajstić information content (AvgIpc) is 2.30. The smallest absolute Gasteiger partial charge is 0.104 e. The van der Waals surface area contributed by atoms with Gasteiger partial charge in [-0.25, -0.2) is 0 Å². The van der Waals surface area contributed by atoms with Crippen LogP contribution in [0.3, 0.4) is 0 Å². The molecule has 2 rings (SSSR count). The molecule has 1 heteroatoms. The van der Waals surface area contributed by atoms with Crippen LogP contribution in [0.5, 0.6) is 0 Å². The molecular weight excluding hydrogens is 194 g/mol. The Morgan fingerprint density at radius 3 is 2.50 bits per heavy atom. The van der Waals surface area contributed by atoms with E-state index in [0.717, 1.165) is 0 Å². The first-order valence-corrected chi connectivity index (χ1v) is 6.65. The van der Waals surface area contributed by atoms with E-state index in [9.17, 15) is 0 Å². The molecule has 0 N–H and O–H groups in total. The van der Waals surface area contributed by atoms with Gasteiger partial charge in [-0.3, -0.25) is 0 Å². The maximum Gasteiger partial charge on any atom is 0.104 e. The van der Waals surface area contributed by atoms with Crippen molar-refractivity contribution in [2.45, 2.75) is 39.7 Å². The average molecular weight is 218 g/mol. The molecule has 1 aliphatic rings. The Balaban J connectivity index is 2.11. The third kappa shape index (κ3) is 2.65. The first-order valence-electron chi connectivity index (χ1n) is 6.65. The Morgan fingerprint density at radius 2 is 1.88 bits per heavy atom. The van der Waals surface area contributed by atoms with Crippen LogP contribution in [0.2, 0.25) is 0 Å². The van der Waals surface area contributed by atoms with Crippen molar-refractivity contribution >= 4 is 0 Å². The summed E-state index contributed by atoms with van der Waals surface area (Å²) in [5, 5.41) is 0. The number of likely N-dealkylation sites (tertiary alicyclic amines) is 1. The molecule has 1 nitrogen and oxygen atoms in total. The van der Waals surface area contributed by atoms with E-state index < -0.39 is 0 Å². The third-order valence-corrected chi connectivity index (χ3v) is 4.04. The van der Waals surface area contributed by atoms with Crippen LogP contribution >= 0.6 is 0 Å². The van der Waals surface area contributed by atoms with Crippen molar-refractivity contribution in [2.75, 3.05) is 19.6 Å². The zero-order valence-electron chi connectivity index (χ0n) is 10.7. The van der Waals surface area contributed by atoms with Crippen molar-refractivity contribution in [1.82, 2.24) is 0 Å². The number of hydrogen-bond acceptors (Lipinski definition) is 0. The highest BCUT2D eigenvalue weighted by Crippen LogP contribution is 2.22. The lowest BCUT2D eigenvalue weighted by Crippen LogP contribution is -2.50. The SMILES string of the molecule is CC[N+]1(Cc2cccc(C)c2)CCCCC1. The van der Waals surface area contributed by atoms with Crippen molar-refractivity contribution in [1.29, 1.82) is 0 Å². The second-order valence-corrected chi connectivity index (χ2v) is 5.31. The molecule has 0 amide bonds. The van der Waals surface area contributed by atoms with Crippen LogP contribution in [0.15, 0.2) is 24.3 Å². The number of piperidine rings is 1. The molecule has 0 atom stereocenters. The van der Waals surface area contributed by atoms with Crippen molar-refractivity contribution in [3.8, 4) is 0 Å². The monoisotopic (exact) mass is 218 g/mol. The minimum Gasteiger partial charge on any atom is -0.320 e. The molecule has 0 unspecified atom stereocenters. The van der Waals surface area contributed by atoms with E-state index in [1.54, 1.807) is 0 Å². The van der Waals surface area contributed by atoms with Crippen molar-refractivity contribution in [3.63, 3.8) is 0 Å². The quantitative estimate of drug-likeness (QED) is 0.681. The van der Waals surface area contributed by atoms with E-state index >= 15 is 0 Å². The van der Waals surface area contributed by atoms with Gasteiger partial charge < -0.3 is 4.48 Å². The summed E-state index contributed by atoms with van der Waals surface area (Å²) in [4.78, 5) is 0. The van der Waals surface area contributed by atoms with Crippen LogP contribution in [0, 0.1) is 6.92 Å². The molecule has 0 aromatic heterocycles. The molecule has 1 aromatic carbocycles. The summed E-state index contributed by atoms with van der Waals surface area (Å²) in [6, 6.07) is 9.03. The van der Waals surface area contributed by atoms with Gasteiger partial charge in [-0.1, -0.05) is 29.8 Å². The van der Waals surface area contributed by atoms with E-state index in [4.69, 9.17) is 0 Å². The summed E-state index contributed by atoms with van der Waals surface area (Å²) in [5.74, 6) is 0. The van der Waals surface area contributed by atoms with E-state index in [1.807, 2.05) is 0 Å². The van der Waals surface area contributed by atoms with Gasteiger partial charge in [-0.05, 0) is 33.1 Å². The Morgan fingerprint density at radius 1 is 1.12 bits per heavy atom. The summed E-state index contributed by atoms with van der Waals surface area (Å²) in [6.45, 7) is 9.82. The lowest BCUT2D eigenvalue weighted by Gasteiger charge is -2.41. The first kappa shape index (κ1) is 11.7. The largest absolute Gasteiger partial charge is 0.320 e. The summed E-state index contributed by atoms with van der Waals surface area (Å²) in [5.41, 5.74) is 2.91. The van der Waals surface area contributed by atoms with Crippen LogP contribution in [0.25, 0.3) is 0 Å². The van der Waals surface area contributed by atoms with Crippen LogP contribution in [-0.2, 0) is 6.54 Å². The van der Waals surface area contributed by atoms with Gasteiger partial charge in [0.1, 0.15) is 6.54 Å². The van der Waals surface area contributed by atoms with Gasteiger partial charge in [0, 0.05) is 5.56 Å². The van der Waals surface area contributed by atoms with Gasteiger partial charge in [0.25, 0.3) is 0 Å². The number of benzene rings is 1. The molecule has 1 aromatic rings. The van der Waals surface area contributed by atoms with Gasteiger partial charge in [-0.2, -0.15) is 0 Å². The fourth-order valence-electron chi connectivity index (χ4n) is 2.97. The zero-order chi connectivity index (χ0) is 11.4. The Hall–Kier alpha value is -0.820. The molecule has 1 aliphatic heterocycles. The summed E-state index contributed by atoms with van der Waals surface area (Å²) in [7, 11) is 0. The fraction of sp³-hybridized carbons (Fsp3) is 0.600. The van der Waals surface area contributed by atoms with Crippen LogP contribution in [0.1, 0.15) is 37.3 Å². The van der Waals surface area contributed by atoms with Crippen LogP contribution < -0.4 is 0 Å². The number of quaternary nitrogens is 1. The summed E-state index contributed by atoms with van der Waals surface area (Å²) in [6.07, 6.45) is 4.27. The van der Waals surface area contributed by atoms with E-state index in [2.05, 4.69) is 38.1 Å². The van der Waals surface area contributed by atoms with Gasteiger partial charge in [0.05, 0.1) is 19.6 Å². The molecule has 16 heavy (non-hydrogen) atoms. The molecule has 0 spiro atoms. The number of hydrogen-bond donors (Lipinski definition) is 0. The standard InChI is InChI=1S/C15H24N/c1-3-16(10-5-4-6-11-16)13-15-9-7-8-14(2)12-15/h7-9,12H,3-6,10-11,13H2,1-2H3/q+1. The minimum absolute atomic E-state index is 1.23. The van der Waals surface area contributed by atoms with Crippen molar-refractivity contribution in [2.24, 2.45) is 0 Å². The molecule has 0 radical (unpaired) electrons. The number of rotatable bonds is 3. The first-order chi connectivity index (χ1) is 7.74. The molecule has 0 aliphatic carbocycles. The van der Waals surface area contributed by atoms with E-state index in [-0.39, 0.29) is 0 Å². The van der Waals surface area contributed by atoms with Gasteiger partial charge >= 0.3 is 0 Å². The van der Waals surface area contributed by atoms with Gasteiger partial charge in [0.2, 0.25) is 0 Å². The summed E-state index contributed by atoms with van der Waals surface area (Å²) >= 11 is 0. The molecule has 1 heterocycles. The molecule has 0 saturated carbocycles. The van der Waals surface area contributed by atoms with E-state index in [0.29, 0.717) is 0 Å². The molecule has 1 saturated heterocycles. The predicted molar refractivity (Wildman–Crippen MR) is 69.3 cm³/mol. The highest BCUT2D eigenvalue weighted by atomic mass is 15.3. The maximum absolute atomic E-state index is 2.35. The van der Waals surface area contributed by atoms with Crippen LogP contribution in [0.4, 0.5) is 0 Å². The zero-order valence-corrected chi connectivity index (χ0v) is 10.7. The van der Waals surface area contributed by atoms with Gasteiger partial charge in [-0.15, -0.1) is 0 Å². The maximum atomic E-state index is 2.35. The lowest BCUT2D eigenvalue weighted by atomic mass is 10.0. The molecular formula is C15H24N+. The Bertz CT molecular complexity index is 337. The van der Waals surface area contributed by atoms with E-state index in [1.165, 1.54) is 61.1 Å². The van der Waals surface area contributed by atoms with Gasteiger partial charge in [0.15, 0.2) is 0 Å². The summed E-state index contributed by atoms with van der Waals surface area (Å²) < 4.78 is 1.31. The fourth-order valence-corrected chi connectivity index (χ4v) is 2.97. The van der Waals surface area contributed by atoms with Crippen LogP contribution in [-0.4, -0.2) is 24.1 Å². The Kier molecular flexibility index (Phi) is 3.65. The topological polar surface area (TPSA) is 0 Å². The van der Waals surface area contributed by atoms with Crippen molar-refractivity contribution in [3.05, 3.63) is 35.4 Å². The number of aryl methyl sites for hydroxylation is 1. The second kappa shape index (κ2) is 5.01. The lowest BCUT2D eigenvalue weighted by molar-refractivity contribution is -0.943. The second-order valence-electron chi connectivity index (χ2n) is 5.31.